The Morgan fingerprint density at radius 3 is 2.71 bits per heavy atom. The number of ether oxygens (including phenoxy) is 3. The van der Waals surface area contributed by atoms with Crippen LogP contribution in [0.2, 0.25) is 0 Å². The van der Waals surface area contributed by atoms with Crippen LogP contribution < -0.4 is 19.7 Å². The van der Waals surface area contributed by atoms with Gasteiger partial charge in [0, 0.05) is 80.3 Å². The maximum Gasteiger partial charge on any atom is 0.212 e. The number of aromatic nitrogens is 4. The summed E-state index contributed by atoms with van der Waals surface area (Å²) in [5.74, 6) is 2.25. The fourth-order valence-electron chi connectivity index (χ4n) is 6.19. The summed E-state index contributed by atoms with van der Waals surface area (Å²) in [7, 11) is 1.63. The average Bonchev–Trinajstić information content (AvgIpc) is 3.06. The van der Waals surface area contributed by atoms with Crippen LogP contribution in [-0.2, 0) is 11.3 Å². The van der Waals surface area contributed by atoms with Crippen molar-refractivity contribution >= 4 is 16.7 Å². The number of piperazine rings is 1. The van der Waals surface area contributed by atoms with Gasteiger partial charge in [-0.1, -0.05) is 6.07 Å². The first-order valence-corrected chi connectivity index (χ1v) is 14.3. The molecule has 11 nitrogen and oxygen atoms in total. The molecule has 2 bridgehead atoms. The first kappa shape index (κ1) is 26.5. The topological polar surface area (TPSA) is 122 Å². The van der Waals surface area contributed by atoms with Crippen molar-refractivity contribution < 1.29 is 14.2 Å². The van der Waals surface area contributed by atoms with E-state index in [1.54, 1.807) is 7.11 Å². The Balaban J connectivity index is 1.08. The number of morpholine rings is 1. The number of methoxy groups -OCH3 is 1. The van der Waals surface area contributed by atoms with E-state index >= 15 is 0 Å². The number of pyridine rings is 2. The lowest BCUT2D eigenvalue weighted by molar-refractivity contribution is -0.00876. The predicted molar refractivity (Wildman–Crippen MR) is 156 cm³/mol. The molecule has 4 aliphatic rings. The van der Waals surface area contributed by atoms with Crippen molar-refractivity contribution in [3.8, 4) is 28.8 Å². The van der Waals surface area contributed by atoms with E-state index in [4.69, 9.17) is 19.2 Å². The second-order valence-electron chi connectivity index (χ2n) is 11.0. The molecule has 2 unspecified atom stereocenters. The number of nitrogens with one attached hydrogen (secondary N) is 1. The molecule has 1 aromatic carbocycles. The smallest absolute Gasteiger partial charge is 0.212 e. The molecule has 7 heterocycles. The van der Waals surface area contributed by atoms with Crippen LogP contribution in [0.3, 0.4) is 0 Å². The molecule has 1 N–H and O–H groups in total. The van der Waals surface area contributed by atoms with E-state index in [0.29, 0.717) is 48.0 Å². The number of hydrogen-bond acceptors (Lipinski definition) is 11. The Hall–Kier alpha value is -4.37. The quantitative estimate of drug-likeness (QED) is 0.340. The Bertz CT molecular complexity index is 1590. The zero-order valence-corrected chi connectivity index (χ0v) is 23.4. The number of hydrogen-bond donors (Lipinski definition) is 1. The number of fused-ring (bicyclic) bond motifs is 3. The molecule has 42 heavy (non-hydrogen) atoms. The molecule has 4 fully saturated rings. The van der Waals surface area contributed by atoms with Crippen LogP contribution >= 0.6 is 0 Å². The highest BCUT2D eigenvalue weighted by molar-refractivity contribution is 5.99. The Morgan fingerprint density at radius 1 is 1.10 bits per heavy atom. The monoisotopic (exact) mass is 564 g/mol. The van der Waals surface area contributed by atoms with Crippen molar-refractivity contribution in [1.82, 2.24) is 30.4 Å². The lowest BCUT2D eigenvalue weighted by Crippen LogP contribution is -2.68. The highest BCUT2D eigenvalue weighted by atomic mass is 16.5. The second kappa shape index (κ2) is 11.5. The minimum absolute atomic E-state index is 0.0186. The van der Waals surface area contributed by atoms with Gasteiger partial charge in [-0.2, -0.15) is 15.5 Å². The predicted octanol–water partition coefficient (Wildman–Crippen LogP) is 2.80. The van der Waals surface area contributed by atoms with Crippen molar-refractivity contribution in [2.24, 2.45) is 0 Å². The lowest BCUT2D eigenvalue weighted by atomic mass is 9.87. The molecule has 11 heteroatoms. The third-order valence-electron chi connectivity index (χ3n) is 8.37. The van der Waals surface area contributed by atoms with Crippen molar-refractivity contribution in [3.63, 3.8) is 0 Å². The molecule has 0 aliphatic carbocycles. The Labute approximate surface area is 244 Å². The summed E-state index contributed by atoms with van der Waals surface area (Å²) >= 11 is 0. The molecule has 0 spiro atoms. The summed E-state index contributed by atoms with van der Waals surface area (Å²) in [6.07, 6.45) is 6.47. The number of nitriles is 1. The molecule has 3 aromatic heterocycles. The molecule has 3 atom stereocenters. The highest BCUT2D eigenvalue weighted by Gasteiger charge is 2.44. The largest absolute Gasteiger partial charge is 0.491 e. The van der Waals surface area contributed by atoms with Crippen molar-refractivity contribution in [2.45, 2.75) is 31.2 Å². The third-order valence-corrected chi connectivity index (χ3v) is 8.37. The summed E-state index contributed by atoms with van der Waals surface area (Å²) in [4.78, 5) is 14.2. The fraction of sp³-hybridized carbons (Fsp3) is 0.387. The van der Waals surface area contributed by atoms with Crippen molar-refractivity contribution in [1.29, 1.82) is 5.26 Å². The number of rotatable bonds is 8. The van der Waals surface area contributed by atoms with E-state index < -0.39 is 0 Å². The second-order valence-corrected chi connectivity index (χ2v) is 11.0. The molecular formula is C31H32N8O3. The minimum atomic E-state index is -0.0186. The summed E-state index contributed by atoms with van der Waals surface area (Å²) in [5, 5.41) is 22.2. The van der Waals surface area contributed by atoms with Gasteiger partial charge in [0.25, 0.3) is 0 Å². The van der Waals surface area contributed by atoms with Crippen LogP contribution in [0.1, 0.15) is 17.5 Å². The van der Waals surface area contributed by atoms with Gasteiger partial charge < -0.3 is 24.4 Å². The van der Waals surface area contributed by atoms with Crippen LogP contribution in [-0.4, -0.2) is 89.8 Å². The van der Waals surface area contributed by atoms with Gasteiger partial charge in [-0.3, -0.25) is 4.90 Å². The first-order valence-electron chi connectivity index (χ1n) is 14.3. The van der Waals surface area contributed by atoms with E-state index in [2.05, 4.69) is 54.6 Å². The van der Waals surface area contributed by atoms with Crippen LogP contribution in [0.4, 0.5) is 5.82 Å². The Kier molecular flexibility index (Phi) is 7.25. The standard InChI is InChI=1S/C31H32N8O3/c1-40-30-5-2-20(12-35-30)16-39-23-8-24(39)18-38(17-23)29-4-3-21(13-34-29)27-9-25(42-19-26-15-33-6-7-41-26)10-28-31(27)22(11-32)14-36-37-28/h2-5,9-10,12-14,23-24,26,33H,6-8,15-19H2,1H3/t23?,24?,26-/m1/s1. The van der Waals surface area contributed by atoms with Crippen LogP contribution in [0, 0.1) is 11.3 Å². The van der Waals surface area contributed by atoms with E-state index in [1.807, 2.05) is 30.6 Å². The number of benzene rings is 1. The van der Waals surface area contributed by atoms with Gasteiger partial charge in [0.05, 0.1) is 31.0 Å². The van der Waals surface area contributed by atoms with E-state index in [0.717, 1.165) is 55.1 Å². The normalized spacial score (nSPS) is 21.9. The minimum Gasteiger partial charge on any atom is -0.491 e. The molecule has 4 aliphatic heterocycles. The van der Waals surface area contributed by atoms with Crippen molar-refractivity contribution in [2.75, 3.05) is 51.4 Å². The Morgan fingerprint density at radius 2 is 2.00 bits per heavy atom. The summed E-state index contributed by atoms with van der Waals surface area (Å²) in [6.45, 7) is 5.46. The van der Waals surface area contributed by atoms with E-state index in [1.165, 1.54) is 18.2 Å². The SMILES string of the molecule is COc1ccc(CN2C3CC2CN(c2ccc(-c4cc(OC[C@H]5CNCCO5)cc5nncc(C#N)c45)cn2)C3)cn1. The molecule has 8 rings (SSSR count). The van der Waals surface area contributed by atoms with Gasteiger partial charge >= 0.3 is 0 Å². The highest BCUT2D eigenvalue weighted by Crippen LogP contribution is 2.37. The van der Waals surface area contributed by atoms with Crippen LogP contribution in [0.25, 0.3) is 22.0 Å². The van der Waals surface area contributed by atoms with Gasteiger partial charge in [-0.05, 0) is 35.7 Å². The molecule has 0 saturated carbocycles. The molecule has 0 radical (unpaired) electrons. The molecule has 4 saturated heterocycles. The van der Waals surface area contributed by atoms with Gasteiger partial charge in [0.15, 0.2) is 0 Å². The molecule has 214 valence electrons. The fourth-order valence-corrected chi connectivity index (χ4v) is 6.19. The van der Waals surface area contributed by atoms with Crippen molar-refractivity contribution in [3.05, 3.63) is 66.1 Å². The van der Waals surface area contributed by atoms with Crippen LogP contribution in [0.5, 0.6) is 11.6 Å². The van der Waals surface area contributed by atoms with E-state index in [9.17, 15) is 5.26 Å². The summed E-state index contributed by atoms with van der Waals surface area (Å²) in [5.41, 5.74) is 4.01. The third kappa shape index (κ3) is 5.20. The van der Waals surface area contributed by atoms with Gasteiger partial charge in [-0.25, -0.2) is 9.97 Å². The number of piperidine rings is 1. The molecular weight excluding hydrogens is 532 g/mol. The first-order chi connectivity index (χ1) is 20.7. The average molecular weight is 565 g/mol. The lowest BCUT2D eigenvalue weighted by Gasteiger charge is -2.56. The zero-order chi connectivity index (χ0) is 28.5. The zero-order valence-electron chi connectivity index (χ0n) is 23.4. The maximum atomic E-state index is 9.82. The maximum absolute atomic E-state index is 9.82. The summed E-state index contributed by atoms with van der Waals surface area (Å²) in [6, 6.07) is 15.2. The summed E-state index contributed by atoms with van der Waals surface area (Å²) < 4.78 is 17.1. The molecule has 4 aromatic rings. The van der Waals surface area contributed by atoms with Gasteiger partial charge in [0.1, 0.15) is 30.3 Å². The van der Waals surface area contributed by atoms with E-state index in [-0.39, 0.29) is 6.10 Å². The molecule has 0 amide bonds. The van der Waals surface area contributed by atoms with Crippen LogP contribution in [0.15, 0.2) is 55.0 Å². The van der Waals surface area contributed by atoms with Gasteiger partial charge in [-0.15, -0.1) is 0 Å². The number of nitrogens with zero attached hydrogens (tertiary/aromatic N) is 7. The number of anilines is 1. The van der Waals surface area contributed by atoms with Gasteiger partial charge in [0.2, 0.25) is 5.88 Å².